The van der Waals surface area contributed by atoms with E-state index in [9.17, 15) is 4.79 Å². The molecule has 0 bridgehead atoms. The molecule has 1 amide bonds. The van der Waals surface area contributed by atoms with Crippen molar-refractivity contribution in [2.45, 2.75) is 6.42 Å². The molecule has 0 aliphatic carbocycles. The van der Waals surface area contributed by atoms with Crippen molar-refractivity contribution in [1.29, 1.82) is 0 Å². The summed E-state index contributed by atoms with van der Waals surface area (Å²) < 4.78 is 1.52. The molecule has 0 saturated heterocycles. The summed E-state index contributed by atoms with van der Waals surface area (Å²) in [6.45, 7) is 1.18. The summed E-state index contributed by atoms with van der Waals surface area (Å²) in [6, 6.07) is 9.45. The highest BCUT2D eigenvalue weighted by Gasteiger charge is 2.22. The molecule has 2 aromatic heterocycles. The van der Waals surface area contributed by atoms with Crippen molar-refractivity contribution in [1.82, 2.24) is 19.5 Å². The number of benzene rings is 1. The van der Waals surface area contributed by atoms with Crippen LogP contribution in [0.1, 0.15) is 22.5 Å². The summed E-state index contributed by atoms with van der Waals surface area (Å²) in [4.78, 5) is 18.6. The minimum absolute atomic E-state index is 0.108. The van der Waals surface area contributed by atoms with Crippen LogP contribution < -0.4 is 0 Å². The first kappa shape index (κ1) is 16.1. The SMILES string of the molecule is O=C(c1cc2ncc(Cl)cn2n1)N1CC=C(c2cccc(Cl)c2)CC1. The number of hydrogen-bond acceptors (Lipinski definition) is 3. The van der Waals surface area contributed by atoms with Crippen LogP contribution in [0.2, 0.25) is 10.0 Å². The van der Waals surface area contributed by atoms with Crippen molar-refractivity contribution < 1.29 is 4.79 Å². The third kappa shape index (κ3) is 3.25. The molecule has 0 fully saturated rings. The molecule has 4 rings (SSSR count). The molecule has 0 unspecified atom stereocenters. The molecule has 5 nitrogen and oxygen atoms in total. The Morgan fingerprint density at radius 1 is 1.16 bits per heavy atom. The van der Waals surface area contributed by atoms with E-state index < -0.39 is 0 Å². The molecule has 0 radical (unpaired) electrons. The first-order valence-electron chi connectivity index (χ1n) is 7.85. The van der Waals surface area contributed by atoms with E-state index >= 15 is 0 Å². The lowest BCUT2D eigenvalue weighted by atomic mass is 9.99. The predicted molar refractivity (Wildman–Crippen MR) is 97.9 cm³/mol. The molecule has 0 atom stereocenters. The van der Waals surface area contributed by atoms with Gasteiger partial charge in [0.2, 0.25) is 0 Å². The lowest BCUT2D eigenvalue weighted by molar-refractivity contribution is 0.0766. The molecule has 25 heavy (non-hydrogen) atoms. The summed E-state index contributed by atoms with van der Waals surface area (Å²) in [7, 11) is 0. The number of halogens is 2. The summed E-state index contributed by atoms with van der Waals surface area (Å²) in [5.74, 6) is -0.108. The maximum Gasteiger partial charge on any atom is 0.274 e. The fourth-order valence-electron chi connectivity index (χ4n) is 2.92. The van der Waals surface area contributed by atoms with Gasteiger partial charge in [-0.05, 0) is 29.7 Å². The fraction of sp³-hybridized carbons (Fsp3) is 0.167. The van der Waals surface area contributed by atoms with Crippen LogP contribution in [0.15, 0.2) is 48.8 Å². The smallest absolute Gasteiger partial charge is 0.274 e. The third-order valence-electron chi connectivity index (χ3n) is 4.19. The van der Waals surface area contributed by atoms with Gasteiger partial charge in [0.15, 0.2) is 11.3 Å². The van der Waals surface area contributed by atoms with Gasteiger partial charge in [0.25, 0.3) is 5.91 Å². The van der Waals surface area contributed by atoms with Gasteiger partial charge in [-0.2, -0.15) is 5.10 Å². The summed E-state index contributed by atoms with van der Waals surface area (Å²) in [5, 5.41) is 5.47. The highest BCUT2D eigenvalue weighted by Crippen LogP contribution is 2.25. The van der Waals surface area contributed by atoms with Crippen LogP contribution >= 0.6 is 23.2 Å². The Kier molecular flexibility index (Phi) is 4.19. The molecular formula is C18H14Cl2N4O. The zero-order valence-electron chi connectivity index (χ0n) is 13.2. The van der Waals surface area contributed by atoms with E-state index in [0.29, 0.717) is 34.5 Å². The number of aromatic nitrogens is 3. The molecule has 126 valence electrons. The van der Waals surface area contributed by atoms with Crippen LogP contribution in [0, 0.1) is 0 Å². The Morgan fingerprint density at radius 2 is 2.04 bits per heavy atom. The maximum absolute atomic E-state index is 12.7. The average Bonchev–Trinajstić information content (AvgIpc) is 3.04. The number of amides is 1. The predicted octanol–water partition coefficient (Wildman–Crippen LogP) is 3.97. The number of rotatable bonds is 2. The molecule has 1 aliphatic rings. The lowest BCUT2D eigenvalue weighted by Crippen LogP contribution is -2.34. The van der Waals surface area contributed by atoms with Gasteiger partial charge in [0.05, 0.1) is 11.2 Å². The van der Waals surface area contributed by atoms with Gasteiger partial charge in [0, 0.05) is 30.4 Å². The van der Waals surface area contributed by atoms with Crippen LogP contribution in [0.5, 0.6) is 0 Å². The van der Waals surface area contributed by atoms with E-state index in [1.165, 1.54) is 16.3 Å². The van der Waals surface area contributed by atoms with Crippen molar-refractivity contribution >= 4 is 40.3 Å². The van der Waals surface area contributed by atoms with Crippen molar-refractivity contribution in [2.75, 3.05) is 13.1 Å². The number of fused-ring (bicyclic) bond motifs is 1. The van der Waals surface area contributed by atoms with Gasteiger partial charge >= 0.3 is 0 Å². The van der Waals surface area contributed by atoms with Gasteiger partial charge in [0.1, 0.15) is 0 Å². The monoisotopic (exact) mass is 372 g/mol. The quantitative estimate of drug-likeness (QED) is 0.683. The number of nitrogens with zero attached hydrogens (tertiary/aromatic N) is 4. The van der Waals surface area contributed by atoms with Crippen molar-refractivity contribution in [3.8, 4) is 0 Å². The summed E-state index contributed by atoms with van der Waals surface area (Å²) in [6.07, 6.45) is 6.02. The zero-order valence-corrected chi connectivity index (χ0v) is 14.7. The van der Waals surface area contributed by atoms with Crippen molar-refractivity contribution in [3.05, 3.63) is 70.1 Å². The van der Waals surface area contributed by atoms with Gasteiger partial charge in [-0.3, -0.25) is 4.79 Å². The van der Waals surface area contributed by atoms with E-state index in [1.54, 1.807) is 17.2 Å². The van der Waals surface area contributed by atoms with E-state index in [1.807, 2.05) is 24.3 Å². The average molecular weight is 373 g/mol. The van der Waals surface area contributed by atoms with Gasteiger partial charge in [-0.25, -0.2) is 9.50 Å². The molecule has 0 spiro atoms. The second-order valence-electron chi connectivity index (χ2n) is 5.85. The maximum atomic E-state index is 12.7. The van der Waals surface area contributed by atoms with Crippen LogP contribution in [-0.4, -0.2) is 38.5 Å². The highest BCUT2D eigenvalue weighted by atomic mass is 35.5. The fourth-order valence-corrected chi connectivity index (χ4v) is 3.26. The van der Waals surface area contributed by atoms with Crippen LogP contribution in [0.4, 0.5) is 0 Å². The Hall–Kier alpha value is -2.37. The third-order valence-corrected chi connectivity index (χ3v) is 4.62. The normalized spacial score (nSPS) is 14.6. The second kappa shape index (κ2) is 6.50. The molecule has 0 N–H and O–H groups in total. The highest BCUT2D eigenvalue weighted by molar-refractivity contribution is 6.30. The molecule has 7 heteroatoms. The summed E-state index contributed by atoms with van der Waals surface area (Å²) >= 11 is 12.0. The Bertz CT molecular complexity index is 996. The van der Waals surface area contributed by atoms with Crippen molar-refractivity contribution in [3.63, 3.8) is 0 Å². The summed E-state index contributed by atoms with van der Waals surface area (Å²) in [5.41, 5.74) is 3.27. The van der Waals surface area contributed by atoms with Crippen LogP contribution in [-0.2, 0) is 0 Å². The molecule has 0 saturated carbocycles. The van der Waals surface area contributed by atoms with E-state index in [2.05, 4.69) is 16.2 Å². The van der Waals surface area contributed by atoms with Gasteiger partial charge in [-0.1, -0.05) is 41.4 Å². The second-order valence-corrected chi connectivity index (χ2v) is 6.72. The number of carbonyl (C=O) groups excluding carboxylic acids is 1. The minimum atomic E-state index is -0.108. The number of hydrogen-bond donors (Lipinski definition) is 0. The topological polar surface area (TPSA) is 50.5 Å². The minimum Gasteiger partial charge on any atom is -0.333 e. The molecular weight excluding hydrogens is 359 g/mol. The first-order chi connectivity index (χ1) is 12.1. The standard InChI is InChI=1S/C18H14Cl2N4O/c19-14-3-1-2-13(8-14)12-4-6-23(7-5-12)18(25)16-9-17-21-10-15(20)11-24(17)22-16/h1-4,8-11H,5-7H2. The van der Waals surface area contributed by atoms with Gasteiger partial charge in [-0.15, -0.1) is 0 Å². The zero-order chi connectivity index (χ0) is 17.4. The van der Waals surface area contributed by atoms with Gasteiger partial charge < -0.3 is 4.90 Å². The van der Waals surface area contributed by atoms with Crippen LogP contribution in [0.25, 0.3) is 11.2 Å². The van der Waals surface area contributed by atoms with E-state index in [-0.39, 0.29) is 5.91 Å². The molecule has 1 aliphatic heterocycles. The largest absolute Gasteiger partial charge is 0.333 e. The van der Waals surface area contributed by atoms with E-state index in [4.69, 9.17) is 23.2 Å². The molecule has 3 heterocycles. The van der Waals surface area contributed by atoms with Crippen molar-refractivity contribution in [2.24, 2.45) is 0 Å². The Labute approximate surface area is 154 Å². The van der Waals surface area contributed by atoms with Crippen LogP contribution in [0.3, 0.4) is 0 Å². The van der Waals surface area contributed by atoms with E-state index in [0.717, 1.165) is 12.0 Å². The lowest BCUT2D eigenvalue weighted by Gasteiger charge is -2.26. The molecule has 3 aromatic rings. The Morgan fingerprint density at radius 3 is 2.80 bits per heavy atom. The first-order valence-corrected chi connectivity index (χ1v) is 8.61. The molecule has 1 aromatic carbocycles. The Balaban J connectivity index is 1.53. The number of carbonyl (C=O) groups is 1.